The van der Waals surface area contributed by atoms with E-state index in [4.69, 9.17) is 28.0 Å². The molecular weight excluding hydrogens is 1310 g/mol. The highest BCUT2D eigenvalue weighted by Crippen LogP contribution is 2.41. The van der Waals surface area contributed by atoms with Gasteiger partial charge in [-0.05, 0) is 375 Å². The molecule has 0 saturated carbocycles. The van der Waals surface area contributed by atoms with Crippen LogP contribution in [0.1, 0.15) is 197 Å². The first-order chi connectivity index (χ1) is 48.4. The maximum absolute atomic E-state index is 12.4. The Bertz CT molecular complexity index is 4680. The summed E-state index contributed by atoms with van der Waals surface area (Å²) < 4.78 is 4.63. The average Bonchev–Trinajstić information content (AvgIpc) is 1.75. The summed E-state index contributed by atoms with van der Waals surface area (Å²) in [5, 5.41) is 27.9. The standard InChI is InChI=1S/5C17H23N3O/c5*1-8(2)20-16(18)15(17(21)19-20)14-12(6)10(4)9(3)11(5)13(14)7/h3*1,18H2,2-7H3,(H,19,21);2*15,18H,1H2,2-7H3,(H,19,21). The van der Waals surface area contributed by atoms with E-state index in [1.807, 2.05) is 69.2 Å². The Balaban J connectivity index is 0.000000206. The monoisotopic (exact) mass is 1430 g/mol. The van der Waals surface area contributed by atoms with Gasteiger partial charge in [0.2, 0.25) is 0 Å². The quantitative estimate of drug-likeness (QED) is 0.0617. The molecule has 2 amide bonds. The predicted octanol–water partition coefficient (Wildman–Crippen LogP) is 16.7. The van der Waals surface area contributed by atoms with E-state index >= 15 is 0 Å². The lowest BCUT2D eigenvalue weighted by Gasteiger charge is -2.22. The van der Waals surface area contributed by atoms with Crippen LogP contribution in [-0.2, 0) is 9.59 Å². The molecule has 0 bridgehead atoms. The third kappa shape index (κ3) is 14.7. The van der Waals surface area contributed by atoms with Crippen molar-refractivity contribution >= 4 is 58.0 Å². The molecule has 20 nitrogen and oxygen atoms in total. The third-order valence-electron chi connectivity index (χ3n) is 23.2. The number of carbonyl (C=O) groups excluding carboxylic acids is 2. The number of hydrogen-bond donors (Lipinski definition) is 10. The Morgan fingerprint density at radius 3 is 0.581 bits per heavy atom. The fourth-order valence-corrected chi connectivity index (χ4v) is 14.6. The van der Waals surface area contributed by atoms with E-state index in [1.165, 1.54) is 93.5 Å². The molecule has 3 aromatic heterocycles. The van der Waals surface area contributed by atoms with Gasteiger partial charge in [0.05, 0.1) is 16.7 Å². The van der Waals surface area contributed by atoms with Crippen LogP contribution >= 0.6 is 0 Å². The van der Waals surface area contributed by atoms with Crippen molar-refractivity contribution in [1.29, 1.82) is 10.8 Å². The zero-order valence-corrected chi connectivity index (χ0v) is 68.2. The molecule has 20 heteroatoms. The number of benzene rings is 5. The van der Waals surface area contributed by atoms with Gasteiger partial charge in [0.15, 0.2) is 0 Å². The zero-order chi connectivity index (χ0) is 80.3. The number of anilines is 3. The number of allylic oxidation sites excluding steroid dienone is 5. The highest BCUT2D eigenvalue weighted by atomic mass is 16.2. The molecule has 5 heterocycles. The van der Waals surface area contributed by atoms with E-state index in [9.17, 15) is 24.0 Å². The number of amides is 2. The van der Waals surface area contributed by atoms with Gasteiger partial charge in [0.1, 0.15) is 41.0 Å². The highest BCUT2D eigenvalue weighted by Gasteiger charge is 2.42. The lowest BCUT2D eigenvalue weighted by molar-refractivity contribution is -0.122. The SMILES string of the molecule is C=C(C)N1NC(=O)C(c2c(C)c(C)c(C)c(C)c2C)C1=N.C=C(C)N1NC(=O)C(c2c(C)c(C)c(C)c(C)c2C)C1=N.C=C(C)n1[nH]c(=O)c(-c2c(C)c(C)c(C)c(C)c2C)c1N.C=C(C)n1[nH]c(=O)c(-c2c(C)c(C)c(C)c(C)c2C)c1N.C=C(C)n1[nH]c(=O)c(-c2c(C)c(C)c(C)c(C)c2C)c1N. The fraction of sp³-hybridized carbons (Fsp3) is 0.376. The van der Waals surface area contributed by atoms with Gasteiger partial charge >= 0.3 is 0 Å². The largest absolute Gasteiger partial charge is 0.383 e. The van der Waals surface area contributed by atoms with E-state index < -0.39 is 11.8 Å². The van der Waals surface area contributed by atoms with Crippen LogP contribution in [-0.4, -0.2) is 62.8 Å². The molecule has 560 valence electrons. The smallest absolute Gasteiger partial charge is 0.274 e. The first kappa shape index (κ1) is 83.1. The Morgan fingerprint density at radius 2 is 0.438 bits per heavy atom. The van der Waals surface area contributed by atoms with Crippen molar-refractivity contribution in [1.82, 2.24) is 50.2 Å². The van der Waals surface area contributed by atoms with Crippen LogP contribution < -0.4 is 44.7 Å². The normalized spacial score (nSPS) is 13.8. The second-order valence-corrected chi connectivity index (χ2v) is 29.1. The van der Waals surface area contributed by atoms with Crippen molar-refractivity contribution in [3.05, 3.63) is 226 Å². The molecule has 2 atom stereocenters. The minimum absolute atomic E-state index is 0.156. The Labute approximate surface area is 621 Å². The summed E-state index contributed by atoms with van der Waals surface area (Å²) in [6, 6.07) is 0. The lowest BCUT2D eigenvalue weighted by Crippen LogP contribution is -2.33. The van der Waals surface area contributed by atoms with Crippen LogP contribution in [0, 0.1) is 184 Å². The van der Waals surface area contributed by atoms with E-state index in [-0.39, 0.29) is 40.2 Å². The molecule has 10 rings (SSSR count). The molecule has 0 spiro atoms. The van der Waals surface area contributed by atoms with Crippen molar-refractivity contribution < 1.29 is 9.59 Å². The number of amidine groups is 2. The molecule has 13 N–H and O–H groups in total. The molecule has 0 aliphatic carbocycles. The summed E-state index contributed by atoms with van der Waals surface area (Å²) in [4.78, 5) is 61.9. The molecule has 2 fully saturated rings. The maximum Gasteiger partial charge on any atom is 0.274 e. The molecule has 0 radical (unpaired) electrons. The van der Waals surface area contributed by atoms with E-state index in [1.54, 1.807) is 48.7 Å². The Morgan fingerprint density at radius 1 is 0.276 bits per heavy atom. The first-order valence-corrected chi connectivity index (χ1v) is 35.2. The van der Waals surface area contributed by atoms with Crippen LogP contribution in [0.2, 0.25) is 0 Å². The second-order valence-electron chi connectivity index (χ2n) is 29.1. The van der Waals surface area contributed by atoms with Crippen molar-refractivity contribution in [2.24, 2.45) is 0 Å². The van der Waals surface area contributed by atoms with E-state index in [0.29, 0.717) is 62.6 Å². The van der Waals surface area contributed by atoms with Gasteiger partial charge in [0.25, 0.3) is 28.5 Å². The third-order valence-corrected chi connectivity index (χ3v) is 23.2. The summed E-state index contributed by atoms with van der Waals surface area (Å²) in [5.41, 5.74) is 62.5. The number of carbonyl (C=O) groups is 2. The number of hydrazine groups is 2. The van der Waals surface area contributed by atoms with Gasteiger partial charge < -0.3 is 17.2 Å². The molecular formula is C85H115N15O5. The average molecular weight is 1430 g/mol. The number of nitrogen functional groups attached to an aromatic ring is 3. The molecule has 2 saturated heterocycles. The van der Waals surface area contributed by atoms with Crippen molar-refractivity contribution in [2.45, 2.75) is 220 Å². The van der Waals surface area contributed by atoms with Crippen LogP contribution in [0.3, 0.4) is 0 Å². The summed E-state index contributed by atoms with van der Waals surface area (Å²) in [6.45, 7) is 79.9. The van der Waals surface area contributed by atoms with Crippen molar-refractivity contribution in [3.8, 4) is 33.4 Å². The Kier molecular flexibility index (Phi) is 24.7. The number of nitrogens with one attached hydrogen (secondary N) is 7. The first-order valence-electron chi connectivity index (χ1n) is 35.2. The number of nitrogens with two attached hydrogens (primary N) is 3. The van der Waals surface area contributed by atoms with Gasteiger partial charge in [-0.15, -0.1) is 0 Å². The minimum atomic E-state index is -0.556. The predicted molar refractivity (Wildman–Crippen MR) is 440 cm³/mol. The zero-order valence-electron chi connectivity index (χ0n) is 68.2. The highest BCUT2D eigenvalue weighted by molar-refractivity contribution is 6.13. The molecule has 105 heavy (non-hydrogen) atoms. The van der Waals surface area contributed by atoms with Gasteiger partial charge in [-0.25, -0.2) is 24.1 Å². The summed E-state index contributed by atoms with van der Waals surface area (Å²) in [5.74, 6) is 0.333. The van der Waals surface area contributed by atoms with Crippen LogP contribution in [0.4, 0.5) is 17.5 Å². The van der Waals surface area contributed by atoms with E-state index in [2.05, 4.69) is 163 Å². The van der Waals surface area contributed by atoms with Crippen LogP contribution in [0.25, 0.3) is 50.5 Å². The van der Waals surface area contributed by atoms with Gasteiger partial charge in [0, 0.05) is 28.5 Å². The topological polar surface area (TPSA) is 304 Å². The molecule has 5 aromatic carbocycles. The van der Waals surface area contributed by atoms with Crippen LogP contribution in [0.15, 0.2) is 58.7 Å². The van der Waals surface area contributed by atoms with Crippen molar-refractivity contribution in [2.75, 3.05) is 17.2 Å². The van der Waals surface area contributed by atoms with Gasteiger partial charge in [-0.3, -0.25) is 60.9 Å². The second kappa shape index (κ2) is 31.2. The fourth-order valence-electron chi connectivity index (χ4n) is 14.6. The molecule has 2 unspecified atom stereocenters. The number of hydrogen-bond acceptors (Lipinski definition) is 10. The number of aromatic amines is 3. The minimum Gasteiger partial charge on any atom is -0.383 e. The number of aromatic nitrogens is 6. The molecule has 2 aliphatic rings. The lowest BCUT2D eigenvalue weighted by atomic mass is 9.83. The van der Waals surface area contributed by atoms with Crippen LogP contribution in [0.5, 0.6) is 0 Å². The summed E-state index contributed by atoms with van der Waals surface area (Å²) in [7, 11) is 0. The van der Waals surface area contributed by atoms with E-state index in [0.717, 1.165) is 83.5 Å². The number of nitrogens with zero attached hydrogens (tertiary/aromatic N) is 5. The molecule has 8 aromatic rings. The van der Waals surface area contributed by atoms with Crippen molar-refractivity contribution in [3.63, 3.8) is 0 Å². The summed E-state index contributed by atoms with van der Waals surface area (Å²) in [6.07, 6.45) is 0. The summed E-state index contributed by atoms with van der Waals surface area (Å²) >= 11 is 0. The Hall–Kier alpha value is -10.9. The van der Waals surface area contributed by atoms with Gasteiger partial charge in [-0.1, -0.05) is 32.9 Å². The number of rotatable bonds is 10. The number of H-pyrrole nitrogens is 3. The van der Waals surface area contributed by atoms with Gasteiger partial charge in [-0.2, -0.15) is 0 Å². The maximum atomic E-state index is 12.4. The molecule has 2 aliphatic heterocycles.